The minimum Gasteiger partial charge on any atom is -0.296 e. The lowest BCUT2D eigenvalue weighted by molar-refractivity contribution is -0.137. The zero-order chi connectivity index (χ0) is 24.5. The molecule has 1 saturated heterocycles. The Morgan fingerprint density at radius 3 is 2.71 bits per heavy atom. The fraction of sp³-hybridized carbons (Fsp3) is 0.391. The molecule has 11 heteroatoms. The maximum absolute atomic E-state index is 13.5. The SMILES string of the molecule is Cc1cc(-c2nc(NC(=O)c3cnc(Cl)cn3)sc2CN2CCCC[C@H]2C)cc(C(F)(F)F)c1. The molecule has 1 aromatic carbocycles. The van der Waals surface area contributed by atoms with Gasteiger partial charge in [-0.2, -0.15) is 13.2 Å². The van der Waals surface area contributed by atoms with Crippen LogP contribution >= 0.6 is 22.9 Å². The van der Waals surface area contributed by atoms with Crippen LogP contribution in [-0.4, -0.2) is 38.3 Å². The molecule has 1 N–H and O–H groups in total. The summed E-state index contributed by atoms with van der Waals surface area (Å²) in [6, 6.07) is 4.27. The highest BCUT2D eigenvalue weighted by molar-refractivity contribution is 7.16. The lowest BCUT2D eigenvalue weighted by Crippen LogP contribution is -2.36. The summed E-state index contributed by atoms with van der Waals surface area (Å²) in [5.41, 5.74) is 0.624. The van der Waals surface area contributed by atoms with Gasteiger partial charge in [0, 0.05) is 23.0 Å². The van der Waals surface area contributed by atoms with Crippen molar-refractivity contribution in [2.24, 2.45) is 0 Å². The van der Waals surface area contributed by atoms with Gasteiger partial charge in [0.25, 0.3) is 5.91 Å². The van der Waals surface area contributed by atoms with E-state index in [4.69, 9.17) is 11.6 Å². The average molecular weight is 510 g/mol. The Labute approximate surface area is 204 Å². The summed E-state index contributed by atoms with van der Waals surface area (Å²) in [6.07, 6.45) is 1.33. The molecule has 34 heavy (non-hydrogen) atoms. The number of aryl methyl sites for hydroxylation is 1. The zero-order valence-electron chi connectivity index (χ0n) is 18.6. The molecule has 1 atom stereocenters. The van der Waals surface area contributed by atoms with Crippen LogP contribution in [0.5, 0.6) is 0 Å². The lowest BCUT2D eigenvalue weighted by atomic mass is 10.0. The molecule has 3 aromatic rings. The summed E-state index contributed by atoms with van der Waals surface area (Å²) >= 11 is 6.99. The van der Waals surface area contributed by atoms with E-state index in [1.807, 2.05) is 0 Å². The average Bonchev–Trinajstić information content (AvgIpc) is 3.17. The number of hydrogen-bond donors (Lipinski definition) is 1. The minimum absolute atomic E-state index is 0.0577. The van der Waals surface area contributed by atoms with Crippen LogP contribution in [0.4, 0.5) is 18.3 Å². The second-order valence-corrected chi connectivity index (χ2v) is 9.84. The second kappa shape index (κ2) is 9.97. The summed E-state index contributed by atoms with van der Waals surface area (Å²) in [5.74, 6) is -0.525. The molecule has 0 unspecified atom stereocenters. The quantitative estimate of drug-likeness (QED) is 0.443. The number of likely N-dealkylation sites (tertiary alicyclic amines) is 1. The van der Waals surface area contributed by atoms with E-state index in [0.29, 0.717) is 29.4 Å². The molecule has 3 heterocycles. The normalized spacial score (nSPS) is 17.1. The number of amides is 1. The third-order valence-corrected chi connectivity index (χ3v) is 6.89. The van der Waals surface area contributed by atoms with Crippen molar-refractivity contribution in [3.05, 3.63) is 57.4 Å². The van der Waals surface area contributed by atoms with Gasteiger partial charge in [-0.1, -0.05) is 29.4 Å². The Morgan fingerprint density at radius 2 is 2.03 bits per heavy atom. The number of nitrogens with zero attached hydrogens (tertiary/aromatic N) is 4. The molecule has 0 saturated carbocycles. The zero-order valence-corrected chi connectivity index (χ0v) is 20.2. The molecule has 180 valence electrons. The summed E-state index contributed by atoms with van der Waals surface area (Å²) in [5, 5.41) is 3.14. The molecule has 1 aliphatic rings. The molecule has 1 amide bonds. The van der Waals surface area contributed by atoms with Crippen LogP contribution < -0.4 is 5.32 Å². The van der Waals surface area contributed by atoms with Gasteiger partial charge in [-0.3, -0.25) is 15.0 Å². The van der Waals surface area contributed by atoms with Crippen LogP contribution in [0.25, 0.3) is 11.3 Å². The fourth-order valence-electron chi connectivity index (χ4n) is 3.99. The summed E-state index contributed by atoms with van der Waals surface area (Å²) in [7, 11) is 0. The van der Waals surface area contributed by atoms with Gasteiger partial charge in [-0.15, -0.1) is 0 Å². The molecule has 6 nitrogen and oxygen atoms in total. The number of piperidine rings is 1. The van der Waals surface area contributed by atoms with Crippen molar-refractivity contribution in [2.45, 2.75) is 51.9 Å². The number of carbonyl (C=O) groups excluding carboxylic acids is 1. The monoisotopic (exact) mass is 509 g/mol. The Bertz CT molecular complexity index is 1180. The number of anilines is 1. The lowest BCUT2D eigenvalue weighted by Gasteiger charge is -2.33. The molecule has 0 aliphatic carbocycles. The molecule has 2 aromatic heterocycles. The number of hydrogen-bond acceptors (Lipinski definition) is 6. The van der Waals surface area contributed by atoms with Crippen molar-refractivity contribution in [3.8, 4) is 11.3 Å². The van der Waals surface area contributed by atoms with Gasteiger partial charge in [-0.25, -0.2) is 15.0 Å². The van der Waals surface area contributed by atoms with Crippen LogP contribution in [0, 0.1) is 6.92 Å². The topological polar surface area (TPSA) is 71.0 Å². The minimum atomic E-state index is -4.47. The first-order valence-corrected chi connectivity index (χ1v) is 12.0. The highest BCUT2D eigenvalue weighted by atomic mass is 35.5. The third kappa shape index (κ3) is 5.73. The number of benzene rings is 1. The standard InChI is InChI=1S/C23H23ClF3N5OS/c1-13-7-15(9-16(8-13)23(25,26)27)20-18(12-32-6-4-3-5-14(32)2)34-22(30-20)31-21(33)17-10-29-19(24)11-28-17/h7-11,14H,3-6,12H2,1-2H3,(H,30,31,33)/t14-/m1/s1. The smallest absolute Gasteiger partial charge is 0.296 e. The van der Waals surface area contributed by atoms with Gasteiger partial charge < -0.3 is 0 Å². The van der Waals surface area contributed by atoms with Crippen LogP contribution in [-0.2, 0) is 12.7 Å². The van der Waals surface area contributed by atoms with Crippen molar-refractivity contribution in [3.63, 3.8) is 0 Å². The van der Waals surface area contributed by atoms with E-state index < -0.39 is 17.6 Å². The van der Waals surface area contributed by atoms with Gasteiger partial charge in [0.2, 0.25) is 0 Å². The highest BCUT2D eigenvalue weighted by Crippen LogP contribution is 2.37. The molecule has 1 aliphatic heterocycles. The second-order valence-electron chi connectivity index (χ2n) is 8.37. The Balaban J connectivity index is 1.70. The van der Waals surface area contributed by atoms with E-state index >= 15 is 0 Å². The molecule has 4 rings (SSSR count). The molecular formula is C23H23ClF3N5OS. The summed E-state index contributed by atoms with van der Waals surface area (Å²) < 4.78 is 40.4. The number of carbonyl (C=O) groups is 1. The van der Waals surface area contributed by atoms with E-state index in [1.54, 1.807) is 13.0 Å². The first kappa shape index (κ1) is 24.6. The van der Waals surface area contributed by atoms with E-state index in [9.17, 15) is 18.0 Å². The third-order valence-electron chi connectivity index (χ3n) is 5.74. The Hall–Kier alpha value is -2.56. The van der Waals surface area contributed by atoms with Crippen molar-refractivity contribution >= 4 is 34.0 Å². The van der Waals surface area contributed by atoms with E-state index in [-0.39, 0.29) is 16.0 Å². The molecule has 0 bridgehead atoms. The van der Waals surface area contributed by atoms with Gasteiger partial charge in [0.15, 0.2) is 5.13 Å². The first-order chi connectivity index (χ1) is 16.1. The first-order valence-electron chi connectivity index (χ1n) is 10.8. The predicted molar refractivity (Wildman–Crippen MR) is 126 cm³/mol. The Morgan fingerprint density at radius 1 is 1.24 bits per heavy atom. The number of halogens is 4. The fourth-order valence-corrected chi connectivity index (χ4v) is 5.09. The van der Waals surface area contributed by atoms with Crippen LogP contribution in [0.15, 0.2) is 30.6 Å². The van der Waals surface area contributed by atoms with Crippen LogP contribution in [0.3, 0.4) is 0 Å². The van der Waals surface area contributed by atoms with Gasteiger partial charge in [-0.05, 0) is 57.0 Å². The Kier molecular flexibility index (Phi) is 7.20. The largest absolute Gasteiger partial charge is 0.416 e. The van der Waals surface area contributed by atoms with Crippen molar-refractivity contribution in [1.82, 2.24) is 19.9 Å². The number of aromatic nitrogens is 3. The number of thiazole rings is 1. The molecule has 0 spiro atoms. The van der Waals surface area contributed by atoms with Crippen LogP contribution in [0.1, 0.15) is 52.7 Å². The maximum Gasteiger partial charge on any atom is 0.416 e. The van der Waals surface area contributed by atoms with E-state index in [1.165, 1.54) is 23.7 Å². The number of rotatable bonds is 5. The van der Waals surface area contributed by atoms with Gasteiger partial charge in [0.1, 0.15) is 10.8 Å². The van der Waals surface area contributed by atoms with Gasteiger partial charge >= 0.3 is 6.18 Å². The highest BCUT2D eigenvalue weighted by Gasteiger charge is 2.32. The van der Waals surface area contributed by atoms with Crippen molar-refractivity contribution in [1.29, 1.82) is 0 Å². The molecular weight excluding hydrogens is 487 g/mol. The van der Waals surface area contributed by atoms with Crippen molar-refractivity contribution in [2.75, 3.05) is 11.9 Å². The number of nitrogens with one attached hydrogen (secondary N) is 1. The van der Waals surface area contributed by atoms with E-state index in [2.05, 4.69) is 32.1 Å². The summed E-state index contributed by atoms with van der Waals surface area (Å²) in [4.78, 5) is 28.1. The van der Waals surface area contributed by atoms with Crippen LogP contribution in [0.2, 0.25) is 5.15 Å². The predicted octanol–water partition coefficient (Wildman–Crippen LogP) is 6.21. The maximum atomic E-state index is 13.5. The summed E-state index contributed by atoms with van der Waals surface area (Å²) in [6.45, 7) is 5.22. The van der Waals surface area contributed by atoms with Gasteiger partial charge in [0.05, 0.1) is 23.7 Å². The van der Waals surface area contributed by atoms with E-state index in [0.717, 1.165) is 42.8 Å². The number of alkyl halides is 3. The molecule has 0 radical (unpaired) electrons. The molecule has 1 fully saturated rings. The van der Waals surface area contributed by atoms with Crippen molar-refractivity contribution < 1.29 is 18.0 Å².